The van der Waals surface area contributed by atoms with Crippen molar-refractivity contribution in [3.8, 4) is 0 Å². The standard InChI is InChI=1S/C12H15N3O2/c13-8-3-4-11-10(6-8)14-12(17-11)15-5-1-2-9(16)7-15/h3-4,6,9,16H,1-2,5,7,13H2/t9-/m0/s1. The lowest BCUT2D eigenvalue weighted by Gasteiger charge is -2.28. The van der Waals surface area contributed by atoms with Gasteiger partial charge >= 0.3 is 0 Å². The molecule has 17 heavy (non-hydrogen) atoms. The molecule has 1 saturated heterocycles. The number of oxazole rings is 1. The summed E-state index contributed by atoms with van der Waals surface area (Å²) in [6.45, 7) is 1.46. The molecule has 1 aliphatic rings. The van der Waals surface area contributed by atoms with Crippen LogP contribution >= 0.6 is 0 Å². The van der Waals surface area contributed by atoms with E-state index in [9.17, 15) is 5.11 Å². The van der Waals surface area contributed by atoms with Crippen molar-refractivity contribution in [2.24, 2.45) is 0 Å². The monoisotopic (exact) mass is 233 g/mol. The molecular weight excluding hydrogens is 218 g/mol. The third kappa shape index (κ3) is 1.93. The number of aliphatic hydroxyl groups is 1. The van der Waals surface area contributed by atoms with Crippen molar-refractivity contribution in [1.82, 2.24) is 4.98 Å². The molecule has 0 aliphatic carbocycles. The summed E-state index contributed by atoms with van der Waals surface area (Å²) in [5.74, 6) is 0. The summed E-state index contributed by atoms with van der Waals surface area (Å²) in [6.07, 6.45) is 1.52. The van der Waals surface area contributed by atoms with Crippen molar-refractivity contribution >= 4 is 22.8 Å². The molecule has 0 saturated carbocycles. The fourth-order valence-corrected chi connectivity index (χ4v) is 2.20. The van der Waals surface area contributed by atoms with Gasteiger partial charge in [0.2, 0.25) is 0 Å². The topological polar surface area (TPSA) is 75.5 Å². The Morgan fingerprint density at radius 2 is 2.35 bits per heavy atom. The van der Waals surface area contributed by atoms with E-state index < -0.39 is 0 Å². The van der Waals surface area contributed by atoms with Crippen molar-refractivity contribution < 1.29 is 9.52 Å². The smallest absolute Gasteiger partial charge is 0.298 e. The third-order valence-electron chi connectivity index (χ3n) is 3.07. The van der Waals surface area contributed by atoms with Crippen molar-refractivity contribution in [2.75, 3.05) is 23.7 Å². The van der Waals surface area contributed by atoms with Gasteiger partial charge in [0.15, 0.2) is 5.58 Å². The highest BCUT2D eigenvalue weighted by molar-refractivity contribution is 5.78. The first-order chi connectivity index (χ1) is 8.22. The Kier molecular flexibility index (Phi) is 2.40. The highest BCUT2D eigenvalue weighted by atomic mass is 16.4. The Morgan fingerprint density at radius 3 is 3.18 bits per heavy atom. The highest BCUT2D eigenvalue weighted by Gasteiger charge is 2.21. The third-order valence-corrected chi connectivity index (χ3v) is 3.07. The second-order valence-electron chi connectivity index (χ2n) is 4.47. The quantitative estimate of drug-likeness (QED) is 0.727. The van der Waals surface area contributed by atoms with E-state index in [2.05, 4.69) is 4.98 Å². The number of hydrogen-bond acceptors (Lipinski definition) is 5. The van der Waals surface area contributed by atoms with Gasteiger partial charge in [-0.05, 0) is 31.0 Å². The van der Waals surface area contributed by atoms with Crippen molar-refractivity contribution in [3.05, 3.63) is 18.2 Å². The van der Waals surface area contributed by atoms with Gasteiger partial charge in [0, 0.05) is 18.8 Å². The van der Waals surface area contributed by atoms with Gasteiger partial charge in [0.1, 0.15) is 5.52 Å². The summed E-state index contributed by atoms with van der Waals surface area (Å²) in [5.41, 5.74) is 7.87. The number of β-amino-alcohol motifs (C(OH)–C–C–N with tert-alkyl or cyclic N) is 1. The lowest BCUT2D eigenvalue weighted by Crippen LogP contribution is -2.38. The maximum Gasteiger partial charge on any atom is 0.298 e. The lowest BCUT2D eigenvalue weighted by atomic mass is 10.1. The summed E-state index contributed by atoms with van der Waals surface area (Å²) in [7, 11) is 0. The van der Waals surface area contributed by atoms with Crippen LogP contribution in [0.2, 0.25) is 0 Å². The lowest BCUT2D eigenvalue weighted by molar-refractivity contribution is 0.152. The minimum absolute atomic E-state index is 0.288. The van der Waals surface area contributed by atoms with E-state index in [0.29, 0.717) is 18.2 Å². The number of hydrogen-bond donors (Lipinski definition) is 2. The molecule has 1 aliphatic heterocycles. The zero-order valence-electron chi connectivity index (χ0n) is 9.47. The first kappa shape index (κ1) is 10.4. The number of rotatable bonds is 1. The van der Waals surface area contributed by atoms with E-state index in [0.717, 1.165) is 30.5 Å². The number of nitrogens with zero attached hydrogens (tertiary/aromatic N) is 2. The molecule has 0 bridgehead atoms. The second kappa shape index (κ2) is 3.92. The predicted octanol–water partition coefficient (Wildman–Crippen LogP) is 1.37. The molecule has 2 aromatic rings. The molecule has 3 rings (SSSR count). The number of aliphatic hydroxyl groups excluding tert-OH is 1. The summed E-state index contributed by atoms with van der Waals surface area (Å²) < 4.78 is 5.66. The number of benzene rings is 1. The zero-order valence-corrected chi connectivity index (χ0v) is 9.47. The Balaban J connectivity index is 1.94. The van der Waals surface area contributed by atoms with Gasteiger partial charge in [-0.25, -0.2) is 0 Å². The zero-order chi connectivity index (χ0) is 11.8. The maximum absolute atomic E-state index is 9.63. The first-order valence-corrected chi connectivity index (χ1v) is 5.81. The number of aromatic nitrogens is 1. The predicted molar refractivity (Wildman–Crippen MR) is 65.9 cm³/mol. The Bertz CT molecular complexity index is 538. The number of fused-ring (bicyclic) bond motifs is 1. The first-order valence-electron chi connectivity index (χ1n) is 5.81. The molecule has 5 nitrogen and oxygen atoms in total. The molecule has 1 fully saturated rings. The van der Waals surface area contributed by atoms with Crippen LogP contribution < -0.4 is 10.6 Å². The van der Waals surface area contributed by atoms with Crippen LogP contribution in [0.5, 0.6) is 0 Å². The SMILES string of the molecule is Nc1ccc2oc(N3CCC[C@H](O)C3)nc2c1. The maximum atomic E-state index is 9.63. The molecule has 1 aromatic carbocycles. The van der Waals surface area contributed by atoms with Gasteiger partial charge in [0.25, 0.3) is 6.01 Å². The number of piperidine rings is 1. The van der Waals surface area contributed by atoms with Crippen LogP contribution in [0, 0.1) is 0 Å². The Labute approximate surface area is 98.8 Å². The Morgan fingerprint density at radius 1 is 1.47 bits per heavy atom. The summed E-state index contributed by atoms with van der Waals surface area (Å²) in [5, 5.41) is 9.63. The van der Waals surface area contributed by atoms with E-state index in [-0.39, 0.29) is 6.10 Å². The van der Waals surface area contributed by atoms with Crippen LogP contribution in [-0.4, -0.2) is 29.3 Å². The van der Waals surface area contributed by atoms with Crippen molar-refractivity contribution in [1.29, 1.82) is 0 Å². The van der Waals surface area contributed by atoms with Gasteiger partial charge in [-0.2, -0.15) is 4.98 Å². The van der Waals surface area contributed by atoms with E-state index >= 15 is 0 Å². The molecule has 3 N–H and O–H groups in total. The molecule has 2 heterocycles. The van der Waals surface area contributed by atoms with E-state index in [1.165, 1.54) is 0 Å². The minimum Gasteiger partial charge on any atom is -0.423 e. The van der Waals surface area contributed by atoms with Gasteiger partial charge in [-0.15, -0.1) is 0 Å². The number of nitrogens with two attached hydrogens (primary N) is 1. The van der Waals surface area contributed by atoms with E-state index in [1.54, 1.807) is 12.1 Å². The van der Waals surface area contributed by atoms with Crippen LogP contribution in [-0.2, 0) is 0 Å². The van der Waals surface area contributed by atoms with Crippen LogP contribution in [0.15, 0.2) is 22.6 Å². The van der Waals surface area contributed by atoms with Gasteiger partial charge in [-0.1, -0.05) is 0 Å². The van der Waals surface area contributed by atoms with Crippen LogP contribution in [0.3, 0.4) is 0 Å². The normalized spacial score (nSPS) is 21.0. The summed E-state index contributed by atoms with van der Waals surface area (Å²) >= 11 is 0. The fourth-order valence-electron chi connectivity index (χ4n) is 2.20. The molecule has 0 amide bonds. The van der Waals surface area contributed by atoms with Gasteiger partial charge in [-0.3, -0.25) is 0 Å². The van der Waals surface area contributed by atoms with Crippen LogP contribution in [0.4, 0.5) is 11.7 Å². The number of anilines is 2. The second-order valence-corrected chi connectivity index (χ2v) is 4.47. The molecule has 90 valence electrons. The summed E-state index contributed by atoms with van der Waals surface area (Å²) in [4.78, 5) is 6.38. The van der Waals surface area contributed by atoms with Crippen LogP contribution in [0.1, 0.15) is 12.8 Å². The minimum atomic E-state index is -0.288. The molecule has 0 radical (unpaired) electrons. The van der Waals surface area contributed by atoms with E-state index in [4.69, 9.17) is 10.2 Å². The van der Waals surface area contributed by atoms with Gasteiger partial charge < -0.3 is 20.2 Å². The molecular formula is C12H15N3O2. The van der Waals surface area contributed by atoms with Crippen molar-refractivity contribution in [2.45, 2.75) is 18.9 Å². The average molecular weight is 233 g/mol. The largest absolute Gasteiger partial charge is 0.423 e. The highest BCUT2D eigenvalue weighted by Crippen LogP contribution is 2.25. The fraction of sp³-hybridized carbons (Fsp3) is 0.417. The molecule has 0 unspecified atom stereocenters. The van der Waals surface area contributed by atoms with E-state index in [1.807, 2.05) is 11.0 Å². The average Bonchev–Trinajstić information content (AvgIpc) is 2.72. The molecule has 5 heteroatoms. The molecule has 1 atom stereocenters. The molecule has 1 aromatic heterocycles. The van der Waals surface area contributed by atoms with Crippen LogP contribution in [0.25, 0.3) is 11.1 Å². The summed E-state index contributed by atoms with van der Waals surface area (Å²) in [6, 6.07) is 5.98. The number of nitrogen functional groups attached to an aromatic ring is 1. The van der Waals surface area contributed by atoms with Gasteiger partial charge in [0.05, 0.1) is 6.10 Å². The molecule has 0 spiro atoms. The van der Waals surface area contributed by atoms with Crippen molar-refractivity contribution in [3.63, 3.8) is 0 Å². The Hall–Kier alpha value is -1.75.